The highest BCUT2D eigenvalue weighted by molar-refractivity contribution is 6.31. The molecule has 0 aliphatic carbocycles. The first kappa shape index (κ1) is 19.3. The van der Waals surface area contributed by atoms with Crippen LogP contribution in [0.4, 0.5) is 0 Å². The maximum atomic E-state index is 12.1. The molecule has 0 amide bonds. The smallest absolute Gasteiger partial charge is 0.338 e. The largest absolute Gasteiger partial charge is 0.459 e. The minimum atomic E-state index is -0.469. The van der Waals surface area contributed by atoms with Gasteiger partial charge in [0.05, 0.1) is 11.1 Å². The molecule has 0 saturated heterocycles. The van der Waals surface area contributed by atoms with E-state index in [0.717, 1.165) is 0 Å². The molecule has 0 spiro atoms. The van der Waals surface area contributed by atoms with Crippen LogP contribution in [-0.2, 0) is 9.47 Å². The van der Waals surface area contributed by atoms with Crippen molar-refractivity contribution in [2.45, 2.75) is 32.5 Å². The Morgan fingerprint density at radius 2 is 1.24 bits per heavy atom. The number of benzene rings is 2. The second kappa shape index (κ2) is 8.88. The molecule has 2 rings (SSSR count). The lowest BCUT2D eigenvalue weighted by atomic mass is 10.2. The van der Waals surface area contributed by atoms with Crippen molar-refractivity contribution in [1.82, 2.24) is 0 Å². The number of hydrogen-bond donors (Lipinski definition) is 0. The topological polar surface area (TPSA) is 52.6 Å². The Balaban J connectivity index is 1.86. The summed E-state index contributed by atoms with van der Waals surface area (Å²) in [5.41, 5.74) is 0.755. The zero-order valence-electron chi connectivity index (χ0n) is 13.9. The Labute approximate surface area is 156 Å². The van der Waals surface area contributed by atoms with Crippen molar-refractivity contribution in [1.29, 1.82) is 0 Å². The lowest BCUT2D eigenvalue weighted by Gasteiger charge is -2.18. The molecule has 0 fully saturated rings. The third kappa shape index (κ3) is 6.07. The fourth-order valence-corrected chi connectivity index (χ4v) is 2.68. The van der Waals surface area contributed by atoms with Crippen molar-refractivity contribution < 1.29 is 19.1 Å². The van der Waals surface area contributed by atoms with Gasteiger partial charge in [0.15, 0.2) is 0 Å². The van der Waals surface area contributed by atoms with E-state index >= 15 is 0 Å². The Hall–Kier alpha value is -2.04. The van der Waals surface area contributed by atoms with Crippen LogP contribution in [0.25, 0.3) is 0 Å². The summed E-state index contributed by atoms with van der Waals surface area (Å²) in [5, 5.41) is 0.928. The van der Waals surface area contributed by atoms with Crippen molar-refractivity contribution in [3.63, 3.8) is 0 Å². The van der Waals surface area contributed by atoms with E-state index in [0.29, 0.717) is 27.6 Å². The highest BCUT2D eigenvalue weighted by Crippen LogP contribution is 2.16. The quantitative estimate of drug-likeness (QED) is 0.648. The summed E-state index contributed by atoms with van der Waals surface area (Å²) in [6, 6.07) is 13.1. The van der Waals surface area contributed by atoms with Gasteiger partial charge in [-0.3, -0.25) is 0 Å². The molecule has 0 heterocycles. The molecule has 4 nitrogen and oxygen atoms in total. The van der Waals surface area contributed by atoms with Gasteiger partial charge >= 0.3 is 11.9 Å². The van der Waals surface area contributed by atoms with Crippen LogP contribution < -0.4 is 0 Å². The van der Waals surface area contributed by atoms with E-state index in [2.05, 4.69) is 0 Å². The number of rotatable bonds is 6. The zero-order chi connectivity index (χ0) is 18.4. The molecule has 2 unspecified atom stereocenters. The average Bonchev–Trinajstić information content (AvgIpc) is 2.54. The standard InChI is InChI=1S/C19H18Cl2O4/c1-12(24-18(22)14-5-3-7-16(20)10-14)9-13(2)25-19(23)15-6-4-8-17(21)11-15/h3-8,10-13H,9H2,1-2H3. The fraction of sp³-hybridized carbons (Fsp3) is 0.263. The molecule has 2 atom stereocenters. The fourth-order valence-electron chi connectivity index (χ4n) is 2.30. The number of carbonyl (C=O) groups is 2. The Morgan fingerprint density at radius 3 is 1.60 bits per heavy atom. The first-order chi connectivity index (χ1) is 11.8. The van der Waals surface area contributed by atoms with Gasteiger partial charge in [-0.15, -0.1) is 0 Å². The normalized spacial score (nSPS) is 13.0. The van der Waals surface area contributed by atoms with Crippen molar-refractivity contribution in [2.75, 3.05) is 0 Å². The lowest BCUT2D eigenvalue weighted by Crippen LogP contribution is -2.23. The molecule has 6 heteroatoms. The zero-order valence-corrected chi connectivity index (χ0v) is 15.4. The van der Waals surface area contributed by atoms with E-state index < -0.39 is 24.1 Å². The first-order valence-electron chi connectivity index (χ1n) is 7.78. The van der Waals surface area contributed by atoms with Crippen LogP contribution in [0, 0.1) is 0 Å². The molecule has 0 N–H and O–H groups in total. The number of carbonyl (C=O) groups excluding carboxylic acids is 2. The van der Waals surface area contributed by atoms with Crippen LogP contribution in [0.5, 0.6) is 0 Å². The minimum absolute atomic E-state index is 0.374. The molecule has 2 aromatic carbocycles. The second-order valence-corrected chi connectivity index (χ2v) is 6.56. The molecule has 2 aromatic rings. The molecule has 132 valence electrons. The molecule has 0 aliphatic rings. The van der Waals surface area contributed by atoms with Crippen molar-refractivity contribution in [2.24, 2.45) is 0 Å². The number of ether oxygens (including phenoxy) is 2. The summed E-state index contributed by atoms with van der Waals surface area (Å²) >= 11 is 11.7. The second-order valence-electron chi connectivity index (χ2n) is 5.69. The van der Waals surface area contributed by atoms with Crippen LogP contribution in [0.1, 0.15) is 41.0 Å². The van der Waals surface area contributed by atoms with Crippen LogP contribution >= 0.6 is 23.2 Å². The summed E-state index contributed by atoms with van der Waals surface area (Å²) in [6.45, 7) is 3.48. The van der Waals surface area contributed by atoms with E-state index in [1.165, 1.54) is 0 Å². The third-order valence-corrected chi connectivity index (χ3v) is 3.87. The predicted octanol–water partition coefficient (Wildman–Crippen LogP) is 5.17. The molecule has 25 heavy (non-hydrogen) atoms. The van der Waals surface area contributed by atoms with Crippen molar-refractivity contribution >= 4 is 35.1 Å². The van der Waals surface area contributed by atoms with Gasteiger partial charge in [0.25, 0.3) is 0 Å². The summed E-state index contributed by atoms with van der Waals surface area (Å²) in [5.74, 6) is -0.938. The van der Waals surface area contributed by atoms with Gasteiger partial charge in [-0.1, -0.05) is 35.3 Å². The average molecular weight is 381 g/mol. The maximum absolute atomic E-state index is 12.1. The molecule has 0 saturated carbocycles. The third-order valence-electron chi connectivity index (χ3n) is 3.40. The molecule has 0 aliphatic heterocycles. The van der Waals surface area contributed by atoms with E-state index in [1.807, 2.05) is 0 Å². The maximum Gasteiger partial charge on any atom is 0.338 e. The molecule has 0 aromatic heterocycles. The molecular formula is C19H18Cl2O4. The van der Waals surface area contributed by atoms with Crippen LogP contribution in [0.2, 0.25) is 10.0 Å². The number of esters is 2. The van der Waals surface area contributed by atoms with Gasteiger partial charge in [-0.05, 0) is 50.2 Å². The van der Waals surface area contributed by atoms with Crippen molar-refractivity contribution in [3.05, 3.63) is 69.7 Å². The van der Waals surface area contributed by atoms with E-state index in [1.54, 1.807) is 62.4 Å². The van der Waals surface area contributed by atoms with Gasteiger partial charge in [-0.2, -0.15) is 0 Å². The monoisotopic (exact) mass is 380 g/mol. The molecular weight excluding hydrogens is 363 g/mol. The van der Waals surface area contributed by atoms with Crippen molar-refractivity contribution in [3.8, 4) is 0 Å². The summed E-state index contributed by atoms with van der Waals surface area (Å²) in [6.07, 6.45) is -0.471. The van der Waals surface area contributed by atoms with E-state index in [9.17, 15) is 9.59 Å². The minimum Gasteiger partial charge on any atom is -0.459 e. The Bertz CT molecular complexity index is 697. The first-order valence-corrected chi connectivity index (χ1v) is 8.54. The summed E-state index contributed by atoms with van der Waals surface area (Å²) < 4.78 is 10.7. The molecule has 0 bridgehead atoms. The Kier molecular flexibility index (Phi) is 6.85. The summed E-state index contributed by atoms with van der Waals surface area (Å²) in [4.78, 5) is 24.1. The van der Waals surface area contributed by atoms with Crippen LogP contribution in [0.3, 0.4) is 0 Å². The highest BCUT2D eigenvalue weighted by atomic mass is 35.5. The van der Waals surface area contributed by atoms with E-state index in [4.69, 9.17) is 32.7 Å². The SMILES string of the molecule is CC(CC(C)OC(=O)c1cccc(Cl)c1)OC(=O)c1cccc(Cl)c1. The highest BCUT2D eigenvalue weighted by Gasteiger charge is 2.18. The number of halogens is 2. The van der Waals surface area contributed by atoms with Gasteiger partial charge in [0, 0.05) is 16.5 Å². The van der Waals surface area contributed by atoms with Crippen LogP contribution in [0.15, 0.2) is 48.5 Å². The lowest BCUT2D eigenvalue weighted by molar-refractivity contribution is 0.00764. The molecule has 0 radical (unpaired) electrons. The van der Waals surface area contributed by atoms with Gasteiger partial charge in [-0.25, -0.2) is 9.59 Å². The predicted molar refractivity (Wildman–Crippen MR) is 97.3 cm³/mol. The van der Waals surface area contributed by atoms with E-state index in [-0.39, 0.29) is 0 Å². The number of hydrogen-bond acceptors (Lipinski definition) is 4. The van der Waals surface area contributed by atoms with Gasteiger partial charge in [0.2, 0.25) is 0 Å². The van der Waals surface area contributed by atoms with Gasteiger partial charge < -0.3 is 9.47 Å². The summed E-state index contributed by atoms with van der Waals surface area (Å²) in [7, 11) is 0. The van der Waals surface area contributed by atoms with Gasteiger partial charge in [0.1, 0.15) is 12.2 Å². The van der Waals surface area contributed by atoms with Crippen LogP contribution in [-0.4, -0.2) is 24.1 Å². The Morgan fingerprint density at radius 1 is 0.840 bits per heavy atom.